The highest BCUT2D eigenvalue weighted by Crippen LogP contribution is 2.26. The molecule has 3 aromatic rings. The molecular formula is C17H16ClN3O2S. The van der Waals surface area contributed by atoms with Gasteiger partial charge in [0.05, 0.1) is 4.88 Å². The van der Waals surface area contributed by atoms with E-state index in [-0.39, 0.29) is 6.61 Å². The summed E-state index contributed by atoms with van der Waals surface area (Å²) < 4.78 is 5.65. The maximum Gasteiger partial charge on any atom is 0.236 e. The normalized spacial score (nSPS) is 11.7. The van der Waals surface area contributed by atoms with Gasteiger partial charge >= 0.3 is 0 Å². The van der Waals surface area contributed by atoms with Crippen LogP contribution in [0.2, 0.25) is 5.02 Å². The molecular weight excluding hydrogens is 346 g/mol. The number of thiophene rings is 1. The monoisotopic (exact) mass is 361 g/mol. The number of oxazole rings is 1. The first-order valence-electron chi connectivity index (χ1n) is 7.31. The van der Waals surface area contributed by atoms with Gasteiger partial charge in [-0.15, -0.1) is 11.3 Å². The number of amidine groups is 1. The summed E-state index contributed by atoms with van der Waals surface area (Å²) in [4.78, 5) is 10.7. The van der Waals surface area contributed by atoms with E-state index in [9.17, 15) is 0 Å². The van der Waals surface area contributed by atoms with E-state index in [1.807, 2.05) is 48.7 Å². The summed E-state index contributed by atoms with van der Waals surface area (Å²) >= 11 is 7.67. The van der Waals surface area contributed by atoms with Crippen LogP contribution in [0.4, 0.5) is 0 Å². The maximum absolute atomic E-state index is 6.10. The second-order valence-corrected chi connectivity index (χ2v) is 6.48. The molecule has 0 radical (unpaired) electrons. The van der Waals surface area contributed by atoms with Crippen molar-refractivity contribution in [1.29, 1.82) is 0 Å². The lowest BCUT2D eigenvalue weighted by molar-refractivity contribution is 0.126. The highest BCUT2D eigenvalue weighted by Gasteiger charge is 2.12. The smallest absolute Gasteiger partial charge is 0.236 e. The van der Waals surface area contributed by atoms with Crippen molar-refractivity contribution in [2.75, 3.05) is 0 Å². The van der Waals surface area contributed by atoms with Gasteiger partial charge in [-0.1, -0.05) is 41.0 Å². The number of benzene rings is 1. The molecule has 5 nitrogen and oxygen atoms in total. The molecule has 0 unspecified atom stereocenters. The van der Waals surface area contributed by atoms with Crippen molar-refractivity contribution in [3.63, 3.8) is 0 Å². The first-order chi connectivity index (χ1) is 11.6. The van der Waals surface area contributed by atoms with Crippen molar-refractivity contribution in [3.05, 3.63) is 63.8 Å². The Morgan fingerprint density at radius 2 is 2.17 bits per heavy atom. The Balaban J connectivity index is 1.61. The van der Waals surface area contributed by atoms with Gasteiger partial charge in [0.1, 0.15) is 17.3 Å². The van der Waals surface area contributed by atoms with Crippen LogP contribution >= 0.6 is 22.9 Å². The summed E-state index contributed by atoms with van der Waals surface area (Å²) in [5, 5.41) is 6.56. The van der Waals surface area contributed by atoms with Gasteiger partial charge in [-0.2, -0.15) is 0 Å². The Morgan fingerprint density at radius 1 is 1.33 bits per heavy atom. The van der Waals surface area contributed by atoms with Crippen LogP contribution in [0.3, 0.4) is 0 Å². The van der Waals surface area contributed by atoms with Gasteiger partial charge in [-0.25, -0.2) is 4.98 Å². The van der Waals surface area contributed by atoms with Crippen molar-refractivity contribution >= 4 is 28.8 Å². The Morgan fingerprint density at radius 3 is 2.92 bits per heavy atom. The molecule has 24 heavy (non-hydrogen) atoms. The summed E-state index contributed by atoms with van der Waals surface area (Å²) in [5.41, 5.74) is 7.49. The summed E-state index contributed by atoms with van der Waals surface area (Å²) in [6.45, 7) is 2.05. The van der Waals surface area contributed by atoms with E-state index in [0.29, 0.717) is 34.6 Å². The van der Waals surface area contributed by atoms with E-state index in [1.165, 1.54) is 0 Å². The SMILES string of the molecule is Cc1oc(-c2cccs2)nc1CO/N=C(\N)Cc1ccccc1Cl. The lowest BCUT2D eigenvalue weighted by Gasteiger charge is -2.03. The standard InChI is InChI=1S/C17H16ClN3O2S/c1-11-14(20-17(23-11)15-7-4-8-24-15)10-22-21-16(19)9-12-5-2-3-6-13(12)18/h2-8H,9-10H2,1H3,(H2,19,21). The van der Waals surface area contributed by atoms with Gasteiger partial charge in [-0.05, 0) is 30.0 Å². The molecule has 124 valence electrons. The molecule has 2 heterocycles. The zero-order valence-electron chi connectivity index (χ0n) is 13.0. The van der Waals surface area contributed by atoms with Crippen molar-refractivity contribution in [3.8, 4) is 10.8 Å². The van der Waals surface area contributed by atoms with Gasteiger partial charge in [-0.3, -0.25) is 0 Å². The van der Waals surface area contributed by atoms with Crippen LogP contribution < -0.4 is 5.73 Å². The van der Waals surface area contributed by atoms with Crippen molar-refractivity contribution in [2.24, 2.45) is 10.9 Å². The highest BCUT2D eigenvalue weighted by molar-refractivity contribution is 7.13. The first-order valence-corrected chi connectivity index (χ1v) is 8.57. The van der Waals surface area contributed by atoms with Gasteiger partial charge in [0, 0.05) is 11.4 Å². The van der Waals surface area contributed by atoms with Gasteiger partial charge in [0.25, 0.3) is 0 Å². The predicted molar refractivity (Wildman–Crippen MR) is 96.1 cm³/mol. The first kappa shape index (κ1) is 16.5. The fourth-order valence-electron chi connectivity index (χ4n) is 2.11. The third kappa shape index (κ3) is 3.96. The molecule has 2 N–H and O–H groups in total. The fraction of sp³-hybridized carbons (Fsp3) is 0.176. The van der Waals surface area contributed by atoms with E-state index < -0.39 is 0 Å². The molecule has 0 fully saturated rings. The molecule has 0 spiro atoms. The Labute approximate surface area is 148 Å². The highest BCUT2D eigenvalue weighted by atomic mass is 35.5. The molecule has 1 aromatic carbocycles. The van der Waals surface area contributed by atoms with E-state index in [4.69, 9.17) is 26.6 Å². The Kier molecular flexibility index (Phi) is 5.17. The molecule has 0 saturated carbocycles. The molecule has 0 aliphatic carbocycles. The summed E-state index contributed by atoms with van der Waals surface area (Å²) in [5.74, 6) is 1.65. The number of oxime groups is 1. The third-order valence-corrected chi connectivity index (χ3v) is 4.56. The number of nitrogens with two attached hydrogens (primary N) is 1. The lowest BCUT2D eigenvalue weighted by atomic mass is 10.1. The molecule has 0 saturated heterocycles. The van der Waals surface area contributed by atoms with E-state index >= 15 is 0 Å². The van der Waals surface area contributed by atoms with Crippen LogP contribution in [0.1, 0.15) is 17.0 Å². The average molecular weight is 362 g/mol. The number of rotatable bonds is 6. The molecule has 0 bridgehead atoms. The molecule has 0 aliphatic rings. The van der Waals surface area contributed by atoms with Crippen LogP contribution in [0.25, 0.3) is 10.8 Å². The lowest BCUT2D eigenvalue weighted by Crippen LogP contribution is -2.15. The minimum absolute atomic E-state index is 0.198. The summed E-state index contributed by atoms with van der Waals surface area (Å²) in [6, 6.07) is 11.4. The van der Waals surface area contributed by atoms with Crippen molar-refractivity contribution in [1.82, 2.24) is 4.98 Å². The van der Waals surface area contributed by atoms with Gasteiger partial charge in [0.2, 0.25) is 5.89 Å². The van der Waals surface area contributed by atoms with E-state index in [0.717, 1.165) is 10.4 Å². The second-order valence-electron chi connectivity index (χ2n) is 5.12. The maximum atomic E-state index is 6.10. The number of halogens is 1. The minimum Gasteiger partial charge on any atom is -0.440 e. The van der Waals surface area contributed by atoms with Gasteiger partial charge < -0.3 is 15.0 Å². The summed E-state index contributed by atoms with van der Waals surface area (Å²) in [7, 11) is 0. The number of aromatic nitrogens is 1. The quantitative estimate of drug-likeness (QED) is 0.401. The molecule has 0 atom stereocenters. The molecule has 2 aromatic heterocycles. The number of aryl methyl sites for hydroxylation is 1. The van der Waals surface area contributed by atoms with Crippen molar-refractivity contribution < 1.29 is 9.25 Å². The number of hydrogen-bond donors (Lipinski definition) is 1. The minimum atomic E-state index is 0.198. The predicted octanol–water partition coefficient (Wildman–Crippen LogP) is 4.40. The Bertz CT molecular complexity index is 843. The van der Waals surface area contributed by atoms with Crippen molar-refractivity contribution in [2.45, 2.75) is 20.0 Å². The third-order valence-electron chi connectivity index (χ3n) is 3.34. The van der Waals surface area contributed by atoms with E-state index in [2.05, 4.69) is 10.1 Å². The van der Waals surface area contributed by atoms with Crippen LogP contribution in [0, 0.1) is 6.92 Å². The molecule has 7 heteroatoms. The van der Waals surface area contributed by atoms with Crippen LogP contribution in [0.15, 0.2) is 51.4 Å². The number of hydrogen-bond acceptors (Lipinski definition) is 5. The average Bonchev–Trinajstić information content (AvgIpc) is 3.20. The second kappa shape index (κ2) is 7.51. The Hall–Kier alpha value is -2.31. The van der Waals surface area contributed by atoms with E-state index in [1.54, 1.807) is 11.3 Å². The van der Waals surface area contributed by atoms with Gasteiger partial charge in [0.15, 0.2) is 6.61 Å². The summed E-state index contributed by atoms with van der Waals surface area (Å²) in [6.07, 6.45) is 0.428. The zero-order valence-corrected chi connectivity index (χ0v) is 14.6. The number of nitrogens with zero attached hydrogens (tertiary/aromatic N) is 2. The van der Waals surface area contributed by atoms with Crippen LogP contribution in [0.5, 0.6) is 0 Å². The molecule has 0 amide bonds. The topological polar surface area (TPSA) is 73.6 Å². The molecule has 3 rings (SSSR count). The fourth-order valence-corrected chi connectivity index (χ4v) is 2.96. The molecule has 0 aliphatic heterocycles. The van der Waals surface area contributed by atoms with Crippen LogP contribution in [-0.2, 0) is 17.9 Å². The van der Waals surface area contributed by atoms with Crippen LogP contribution in [-0.4, -0.2) is 10.8 Å². The largest absolute Gasteiger partial charge is 0.440 e. The zero-order chi connectivity index (χ0) is 16.9.